The van der Waals surface area contributed by atoms with Gasteiger partial charge < -0.3 is 0 Å². The zero-order valence-corrected chi connectivity index (χ0v) is 15.5. The summed E-state index contributed by atoms with van der Waals surface area (Å²) >= 11 is 3.60. The van der Waals surface area contributed by atoms with Crippen LogP contribution in [-0.4, -0.2) is 9.97 Å². The molecule has 2 aromatic carbocycles. The Morgan fingerprint density at radius 2 is 1.52 bits per heavy atom. The first-order valence-corrected chi connectivity index (χ1v) is 9.43. The zero-order chi connectivity index (χ0) is 17.1. The maximum absolute atomic E-state index is 3.72. The van der Waals surface area contributed by atoms with Crippen LogP contribution in [0.15, 0.2) is 59.6 Å². The molecule has 0 N–H and O–H groups in total. The average Bonchev–Trinajstić information content (AvgIpc) is 2.69. The molecule has 0 saturated carbocycles. The van der Waals surface area contributed by atoms with E-state index >= 15 is 0 Å². The molecule has 25 heavy (non-hydrogen) atoms. The molecule has 0 bridgehead atoms. The minimum absolute atomic E-state index is 1.08. The second-order valence-electron chi connectivity index (χ2n) is 6.29. The lowest BCUT2D eigenvalue weighted by Crippen LogP contribution is -2.19. The van der Waals surface area contributed by atoms with Crippen molar-refractivity contribution in [1.29, 1.82) is 0 Å². The lowest BCUT2D eigenvalue weighted by molar-refractivity contribution is 0.824. The molecular formula is C22H19BrN2. The normalized spacial score (nSPS) is 13.8. The third-order valence-electron chi connectivity index (χ3n) is 4.77. The van der Waals surface area contributed by atoms with Crippen molar-refractivity contribution in [2.75, 3.05) is 0 Å². The topological polar surface area (TPSA) is 25.8 Å². The SMILES string of the molecule is Brc1ccc2c(c1)=c1ccc3c(c1CC=2)CCCC=3.c1cnccn1. The van der Waals surface area contributed by atoms with Gasteiger partial charge in [0.15, 0.2) is 0 Å². The van der Waals surface area contributed by atoms with Crippen molar-refractivity contribution in [3.63, 3.8) is 0 Å². The largest absolute Gasteiger partial charge is 0.262 e. The van der Waals surface area contributed by atoms with E-state index in [2.05, 4.69) is 68.4 Å². The Hall–Kier alpha value is -2.26. The van der Waals surface area contributed by atoms with Gasteiger partial charge in [-0.25, -0.2) is 0 Å². The van der Waals surface area contributed by atoms with E-state index in [1.807, 2.05) is 0 Å². The molecule has 0 atom stereocenters. The molecule has 2 nitrogen and oxygen atoms in total. The fourth-order valence-electron chi connectivity index (χ4n) is 3.62. The van der Waals surface area contributed by atoms with Crippen LogP contribution >= 0.6 is 15.9 Å². The molecule has 124 valence electrons. The van der Waals surface area contributed by atoms with Crippen molar-refractivity contribution in [3.8, 4) is 0 Å². The highest BCUT2D eigenvalue weighted by Crippen LogP contribution is 2.18. The van der Waals surface area contributed by atoms with Crippen LogP contribution in [0.3, 0.4) is 0 Å². The van der Waals surface area contributed by atoms with E-state index in [0.29, 0.717) is 0 Å². The van der Waals surface area contributed by atoms with Gasteiger partial charge in [-0.1, -0.05) is 46.3 Å². The highest BCUT2D eigenvalue weighted by molar-refractivity contribution is 9.10. The van der Waals surface area contributed by atoms with Crippen LogP contribution in [0.25, 0.3) is 12.2 Å². The van der Waals surface area contributed by atoms with Crippen molar-refractivity contribution in [3.05, 3.63) is 91.6 Å². The third-order valence-corrected chi connectivity index (χ3v) is 5.27. The average molecular weight is 391 g/mol. The predicted octanol–water partition coefficient (Wildman–Crippen LogP) is 3.67. The molecule has 2 aliphatic carbocycles. The molecule has 1 aromatic heterocycles. The molecule has 3 aromatic rings. The molecule has 0 saturated heterocycles. The van der Waals surface area contributed by atoms with Crippen LogP contribution in [0.4, 0.5) is 0 Å². The molecule has 3 heteroatoms. The molecule has 0 unspecified atom stereocenters. The van der Waals surface area contributed by atoms with Crippen LogP contribution in [0, 0.1) is 10.4 Å². The van der Waals surface area contributed by atoms with E-state index in [0.717, 1.165) is 10.9 Å². The molecule has 2 aliphatic rings. The van der Waals surface area contributed by atoms with E-state index in [1.165, 1.54) is 40.1 Å². The molecule has 5 rings (SSSR count). The lowest BCUT2D eigenvalue weighted by atomic mass is 9.89. The van der Waals surface area contributed by atoms with Gasteiger partial charge in [-0.05, 0) is 69.8 Å². The fraction of sp³-hybridized carbons (Fsp3) is 0.182. The van der Waals surface area contributed by atoms with Crippen molar-refractivity contribution in [2.24, 2.45) is 0 Å². The molecule has 0 radical (unpaired) electrons. The Labute approximate surface area is 155 Å². The summed E-state index contributed by atoms with van der Waals surface area (Å²) in [5.74, 6) is 0. The zero-order valence-electron chi connectivity index (χ0n) is 14.0. The summed E-state index contributed by atoms with van der Waals surface area (Å²) in [5.41, 5.74) is 3.14. The number of halogens is 1. The second-order valence-corrected chi connectivity index (χ2v) is 7.21. The van der Waals surface area contributed by atoms with Gasteiger partial charge in [-0.15, -0.1) is 0 Å². The fourth-order valence-corrected chi connectivity index (χ4v) is 3.99. The minimum atomic E-state index is 1.08. The Morgan fingerprint density at radius 1 is 0.760 bits per heavy atom. The van der Waals surface area contributed by atoms with Crippen LogP contribution < -0.4 is 10.4 Å². The highest BCUT2D eigenvalue weighted by Gasteiger charge is 2.11. The first-order chi connectivity index (χ1) is 12.3. The van der Waals surface area contributed by atoms with Crippen molar-refractivity contribution in [2.45, 2.75) is 25.7 Å². The Morgan fingerprint density at radius 3 is 2.28 bits per heavy atom. The van der Waals surface area contributed by atoms with E-state index in [-0.39, 0.29) is 0 Å². The van der Waals surface area contributed by atoms with Gasteiger partial charge in [0.25, 0.3) is 0 Å². The van der Waals surface area contributed by atoms with Gasteiger partial charge in [0.1, 0.15) is 0 Å². The molecular weight excluding hydrogens is 372 g/mol. The minimum Gasteiger partial charge on any atom is -0.262 e. The quantitative estimate of drug-likeness (QED) is 0.585. The summed E-state index contributed by atoms with van der Waals surface area (Å²) in [6, 6.07) is 11.2. The van der Waals surface area contributed by atoms with E-state index < -0.39 is 0 Å². The van der Waals surface area contributed by atoms with Crippen molar-refractivity contribution in [1.82, 2.24) is 9.97 Å². The van der Waals surface area contributed by atoms with E-state index in [9.17, 15) is 0 Å². The van der Waals surface area contributed by atoms with Crippen LogP contribution in [-0.2, 0) is 12.8 Å². The summed E-state index contributed by atoms with van der Waals surface area (Å²) < 4.78 is 1.16. The highest BCUT2D eigenvalue weighted by atomic mass is 79.9. The summed E-state index contributed by atoms with van der Waals surface area (Å²) in [7, 11) is 0. The Balaban J connectivity index is 0.000000223. The number of hydrogen-bond donors (Lipinski definition) is 0. The molecule has 0 amide bonds. The van der Waals surface area contributed by atoms with Gasteiger partial charge in [0, 0.05) is 29.3 Å². The number of fused-ring (bicyclic) bond motifs is 4. The summed E-state index contributed by atoms with van der Waals surface area (Å²) in [4.78, 5) is 7.44. The first-order valence-electron chi connectivity index (χ1n) is 8.64. The van der Waals surface area contributed by atoms with Crippen LogP contribution in [0.1, 0.15) is 24.0 Å². The van der Waals surface area contributed by atoms with Crippen molar-refractivity contribution < 1.29 is 0 Å². The Kier molecular flexibility index (Phi) is 4.75. The number of benzene rings is 2. The maximum atomic E-state index is 3.72. The Bertz CT molecular complexity index is 1080. The number of nitrogens with zero attached hydrogens (tertiary/aromatic N) is 2. The maximum Gasteiger partial charge on any atom is 0.0451 e. The predicted molar refractivity (Wildman–Crippen MR) is 105 cm³/mol. The first kappa shape index (κ1) is 16.2. The third kappa shape index (κ3) is 3.42. The van der Waals surface area contributed by atoms with Crippen molar-refractivity contribution >= 4 is 28.1 Å². The second kappa shape index (κ2) is 7.32. The van der Waals surface area contributed by atoms with Crippen LogP contribution in [0.2, 0.25) is 0 Å². The monoisotopic (exact) mass is 390 g/mol. The van der Waals surface area contributed by atoms with E-state index in [1.54, 1.807) is 35.9 Å². The van der Waals surface area contributed by atoms with Gasteiger partial charge in [-0.2, -0.15) is 0 Å². The molecule has 1 heterocycles. The number of rotatable bonds is 0. The number of hydrogen-bond acceptors (Lipinski definition) is 2. The molecule has 0 aliphatic heterocycles. The molecule has 0 fully saturated rings. The summed E-state index contributed by atoms with van der Waals surface area (Å²) in [6.07, 6.45) is 16.2. The standard InChI is InChI=1S/C18H15Br.C4H4N2/c19-14-8-5-13-7-9-16-15-4-2-1-3-12(15)6-10-17(16)18(13)11-14;1-2-6-4-3-5-1/h3,5-8,10-11H,1-2,4,9H2;1-4H. The van der Waals surface area contributed by atoms with Gasteiger partial charge in [-0.3, -0.25) is 9.97 Å². The molecule has 0 spiro atoms. The van der Waals surface area contributed by atoms with Gasteiger partial charge >= 0.3 is 0 Å². The van der Waals surface area contributed by atoms with Crippen LogP contribution in [0.5, 0.6) is 0 Å². The smallest absolute Gasteiger partial charge is 0.0451 e. The summed E-state index contributed by atoms with van der Waals surface area (Å²) in [5, 5.41) is 5.66. The van der Waals surface area contributed by atoms with Gasteiger partial charge in [0.2, 0.25) is 0 Å². The van der Waals surface area contributed by atoms with E-state index in [4.69, 9.17) is 0 Å². The van der Waals surface area contributed by atoms with Gasteiger partial charge in [0.05, 0.1) is 0 Å². The number of aromatic nitrogens is 2. The summed E-state index contributed by atoms with van der Waals surface area (Å²) in [6.45, 7) is 0. The lowest BCUT2D eigenvalue weighted by Gasteiger charge is -2.16.